The summed E-state index contributed by atoms with van der Waals surface area (Å²) < 4.78 is 5.17. The van der Waals surface area contributed by atoms with Gasteiger partial charge in [0.05, 0.1) is 12.8 Å². The molecule has 1 aromatic rings. The Bertz CT molecular complexity index is 505. The molecule has 2 N–H and O–H groups in total. The highest BCUT2D eigenvalue weighted by Gasteiger charge is 2.20. The van der Waals surface area contributed by atoms with E-state index in [2.05, 4.69) is 22.3 Å². The van der Waals surface area contributed by atoms with Crippen molar-refractivity contribution >= 4 is 5.71 Å². The molecule has 4 nitrogen and oxygen atoms in total. The maximum Gasteiger partial charge on any atom is 0.118 e. The van der Waals surface area contributed by atoms with Crippen LogP contribution in [0.3, 0.4) is 0 Å². The van der Waals surface area contributed by atoms with Crippen LogP contribution in [0.4, 0.5) is 0 Å². The van der Waals surface area contributed by atoms with Crippen molar-refractivity contribution in [3.63, 3.8) is 0 Å². The fraction of sp³-hybridized carbons (Fsp3) is 0.438. The average Bonchev–Trinajstić information content (AvgIpc) is 2.47. The van der Waals surface area contributed by atoms with Gasteiger partial charge in [-0.2, -0.15) is 0 Å². The summed E-state index contributed by atoms with van der Waals surface area (Å²) in [7, 11) is 3.60. The molecule has 1 aromatic carbocycles. The van der Waals surface area contributed by atoms with Crippen molar-refractivity contribution in [2.24, 2.45) is 0 Å². The number of hydrogen-bond acceptors (Lipinski definition) is 4. The topological polar surface area (TPSA) is 48.4 Å². The summed E-state index contributed by atoms with van der Waals surface area (Å²) in [4.78, 5) is 2.32. The van der Waals surface area contributed by atoms with Crippen LogP contribution in [-0.4, -0.2) is 37.9 Å². The van der Waals surface area contributed by atoms with Crippen molar-refractivity contribution in [2.45, 2.75) is 19.9 Å². The lowest BCUT2D eigenvalue weighted by Crippen LogP contribution is -2.37. The van der Waals surface area contributed by atoms with Gasteiger partial charge in [-0.3, -0.25) is 4.90 Å². The van der Waals surface area contributed by atoms with Crippen molar-refractivity contribution in [1.82, 2.24) is 10.2 Å². The normalized spacial score (nSPS) is 18.9. The van der Waals surface area contributed by atoms with E-state index < -0.39 is 0 Å². The fourth-order valence-electron chi connectivity index (χ4n) is 2.51. The van der Waals surface area contributed by atoms with Gasteiger partial charge in [-0.1, -0.05) is 12.1 Å². The van der Waals surface area contributed by atoms with Gasteiger partial charge in [0.2, 0.25) is 0 Å². The summed E-state index contributed by atoms with van der Waals surface area (Å²) in [6.07, 6.45) is 0.946. The van der Waals surface area contributed by atoms with Crippen LogP contribution < -0.4 is 10.1 Å². The Hall–Kier alpha value is -1.81. The number of allylic oxidation sites excluding steroid dienone is 1. The Morgan fingerprint density at radius 2 is 2.05 bits per heavy atom. The maximum atomic E-state index is 8.18. The Morgan fingerprint density at radius 3 is 2.60 bits per heavy atom. The van der Waals surface area contributed by atoms with Crippen LogP contribution in [0.15, 0.2) is 35.5 Å². The Labute approximate surface area is 120 Å². The third-order valence-electron chi connectivity index (χ3n) is 3.82. The number of rotatable bonds is 4. The van der Waals surface area contributed by atoms with E-state index in [0.717, 1.165) is 43.2 Å². The lowest BCUT2D eigenvalue weighted by atomic mass is 9.99. The van der Waals surface area contributed by atoms with Gasteiger partial charge in [0.1, 0.15) is 5.75 Å². The molecule has 0 aliphatic carbocycles. The van der Waals surface area contributed by atoms with Gasteiger partial charge in [0, 0.05) is 32.4 Å². The Morgan fingerprint density at radius 1 is 1.35 bits per heavy atom. The van der Waals surface area contributed by atoms with E-state index in [4.69, 9.17) is 10.1 Å². The number of likely N-dealkylation sites (tertiary alicyclic amines) is 1. The van der Waals surface area contributed by atoms with E-state index >= 15 is 0 Å². The van der Waals surface area contributed by atoms with Crippen molar-refractivity contribution < 1.29 is 4.74 Å². The van der Waals surface area contributed by atoms with Crippen LogP contribution in [0.5, 0.6) is 5.75 Å². The third-order valence-corrected chi connectivity index (χ3v) is 3.82. The molecule has 20 heavy (non-hydrogen) atoms. The molecule has 0 spiro atoms. The van der Waals surface area contributed by atoms with Gasteiger partial charge >= 0.3 is 0 Å². The second-order valence-electron chi connectivity index (χ2n) is 5.14. The van der Waals surface area contributed by atoms with Crippen molar-refractivity contribution in [2.75, 3.05) is 27.2 Å². The monoisotopic (exact) mass is 273 g/mol. The SMILES string of the molecule is CN/C(C)=C1/CCN(Cc2ccc(OC)cc2)CC1=N. The number of nitrogens with zero attached hydrogens (tertiary/aromatic N) is 1. The number of nitrogens with one attached hydrogen (secondary N) is 2. The molecule has 2 rings (SSSR count). The van der Waals surface area contributed by atoms with Crippen LogP contribution in [0, 0.1) is 5.41 Å². The minimum Gasteiger partial charge on any atom is -0.497 e. The van der Waals surface area contributed by atoms with E-state index in [-0.39, 0.29) is 0 Å². The molecule has 1 fully saturated rings. The van der Waals surface area contributed by atoms with Crippen molar-refractivity contribution in [1.29, 1.82) is 5.41 Å². The number of methoxy groups -OCH3 is 1. The summed E-state index contributed by atoms with van der Waals surface area (Å²) in [5, 5.41) is 11.3. The number of hydrogen-bond donors (Lipinski definition) is 2. The first-order valence-corrected chi connectivity index (χ1v) is 6.94. The van der Waals surface area contributed by atoms with Gasteiger partial charge in [0.25, 0.3) is 0 Å². The average molecular weight is 273 g/mol. The smallest absolute Gasteiger partial charge is 0.118 e. The van der Waals surface area contributed by atoms with E-state index in [0.29, 0.717) is 0 Å². The molecule has 0 saturated carbocycles. The number of benzene rings is 1. The Balaban J connectivity index is 1.97. The molecule has 108 valence electrons. The molecule has 1 heterocycles. The minimum atomic E-state index is 0.723. The van der Waals surface area contributed by atoms with Crippen molar-refractivity contribution in [3.8, 4) is 5.75 Å². The van der Waals surface area contributed by atoms with Crippen LogP contribution >= 0.6 is 0 Å². The van der Waals surface area contributed by atoms with E-state index in [1.54, 1.807) is 7.11 Å². The number of piperidine rings is 1. The molecule has 0 radical (unpaired) electrons. The molecular weight excluding hydrogens is 250 g/mol. The highest BCUT2D eigenvalue weighted by Crippen LogP contribution is 2.19. The van der Waals surface area contributed by atoms with Gasteiger partial charge in [-0.15, -0.1) is 0 Å². The standard InChI is InChI=1S/C16H23N3O/c1-12(18-2)15-8-9-19(11-16(15)17)10-13-4-6-14(20-3)7-5-13/h4-7,17-18H,8-11H2,1-3H3/b15-12-,17-16?. The molecular formula is C16H23N3O. The van der Waals surface area contributed by atoms with Crippen LogP contribution in [-0.2, 0) is 6.54 Å². The first-order chi connectivity index (χ1) is 9.63. The van der Waals surface area contributed by atoms with Crippen LogP contribution in [0.1, 0.15) is 18.9 Å². The fourth-order valence-corrected chi connectivity index (χ4v) is 2.51. The van der Waals surface area contributed by atoms with Crippen LogP contribution in [0.2, 0.25) is 0 Å². The zero-order valence-corrected chi connectivity index (χ0v) is 12.5. The highest BCUT2D eigenvalue weighted by molar-refractivity contribution is 6.00. The molecule has 0 amide bonds. The summed E-state index contributed by atoms with van der Waals surface area (Å²) >= 11 is 0. The molecule has 1 aliphatic heterocycles. The molecule has 0 atom stereocenters. The first-order valence-electron chi connectivity index (χ1n) is 6.94. The van der Waals surface area contributed by atoms with Gasteiger partial charge in [0.15, 0.2) is 0 Å². The molecule has 0 unspecified atom stereocenters. The molecule has 0 aromatic heterocycles. The maximum absolute atomic E-state index is 8.18. The van der Waals surface area contributed by atoms with Gasteiger partial charge in [-0.25, -0.2) is 0 Å². The first kappa shape index (κ1) is 14.6. The predicted octanol–water partition coefficient (Wildman–Crippen LogP) is 2.41. The summed E-state index contributed by atoms with van der Waals surface area (Å²) in [5.74, 6) is 0.884. The lowest BCUT2D eigenvalue weighted by molar-refractivity contribution is 0.296. The Kier molecular flexibility index (Phi) is 4.79. The molecule has 1 saturated heterocycles. The molecule has 4 heteroatoms. The summed E-state index contributed by atoms with van der Waals surface area (Å²) in [6, 6.07) is 8.15. The predicted molar refractivity (Wildman–Crippen MR) is 82.4 cm³/mol. The van der Waals surface area contributed by atoms with Gasteiger partial charge in [-0.05, 0) is 36.6 Å². The van der Waals surface area contributed by atoms with E-state index in [9.17, 15) is 0 Å². The number of ether oxygens (including phenoxy) is 1. The minimum absolute atomic E-state index is 0.723. The zero-order chi connectivity index (χ0) is 14.5. The van der Waals surface area contributed by atoms with E-state index in [1.165, 1.54) is 11.1 Å². The highest BCUT2D eigenvalue weighted by atomic mass is 16.5. The van der Waals surface area contributed by atoms with Gasteiger partial charge < -0.3 is 15.5 Å². The largest absolute Gasteiger partial charge is 0.497 e. The zero-order valence-electron chi connectivity index (χ0n) is 12.5. The second kappa shape index (κ2) is 6.57. The summed E-state index contributed by atoms with van der Waals surface area (Å²) in [5.41, 5.74) is 4.28. The molecule has 0 bridgehead atoms. The van der Waals surface area contributed by atoms with E-state index in [1.807, 2.05) is 26.1 Å². The van der Waals surface area contributed by atoms with Crippen LogP contribution in [0.25, 0.3) is 0 Å². The second-order valence-corrected chi connectivity index (χ2v) is 5.14. The lowest BCUT2D eigenvalue weighted by Gasteiger charge is -2.30. The quantitative estimate of drug-likeness (QED) is 0.885. The van der Waals surface area contributed by atoms with Crippen molar-refractivity contribution in [3.05, 3.63) is 41.1 Å². The molecule has 1 aliphatic rings. The third kappa shape index (κ3) is 3.39. The summed E-state index contributed by atoms with van der Waals surface area (Å²) in [6.45, 7) is 4.66.